The number of halogens is 1. The molecule has 1 aliphatic heterocycles. The van der Waals surface area contributed by atoms with Crippen molar-refractivity contribution in [2.24, 2.45) is 0 Å². The van der Waals surface area contributed by atoms with E-state index in [0.29, 0.717) is 10.7 Å². The van der Waals surface area contributed by atoms with Crippen LogP contribution >= 0.6 is 23.4 Å². The van der Waals surface area contributed by atoms with Crippen molar-refractivity contribution >= 4 is 29.3 Å². The van der Waals surface area contributed by atoms with Crippen molar-refractivity contribution in [2.45, 2.75) is 25.8 Å². The van der Waals surface area contributed by atoms with Crippen molar-refractivity contribution in [1.82, 2.24) is 10.3 Å². The van der Waals surface area contributed by atoms with Crippen molar-refractivity contribution in [2.75, 3.05) is 11.5 Å². The summed E-state index contributed by atoms with van der Waals surface area (Å²) in [5.74, 6) is 2.15. The Kier molecular flexibility index (Phi) is 4.29. The van der Waals surface area contributed by atoms with Crippen LogP contribution in [-0.4, -0.2) is 28.4 Å². The van der Waals surface area contributed by atoms with Gasteiger partial charge in [0.25, 0.3) is 5.91 Å². The van der Waals surface area contributed by atoms with E-state index in [4.69, 9.17) is 11.6 Å². The van der Waals surface area contributed by atoms with E-state index in [1.807, 2.05) is 18.7 Å². The van der Waals surface area contributed by atoms with Gasteiger partial charge in [-0.1, -0.05) is 11.6 Å². The summed E-state index contributed by atoms with van der Waals surface area (Å²) in [4.78, 5) is 16.1. The molecule has 1 unspecified atom stereocenters. The number of carbonyl (C=O) groups excluding carboxylic acids is 1. The summed E-state index contributed by atoms with van der Waals surface area (Å²) < 4.78 is 0. The van der Waals surface area contributed by atoms with Gasteiger partial charge in [0.1, 0.15) is 5.15 Å². The number of hydrogen-bond acceptors (Lipinski definition) is 3. The summed E-state index contributed by atoms with van der Waals surface area (Å²) in [6, 6.07) is 3.66. The van der Waals surface area contributed by atoms with Gasteiger partial charge < -0.3 is 5.32 Å². The highest BCUT2D eigenvalue weighted by Gasteiger charge is 2.17. The molecule has 1 atom stereocenters. The molecule has 2 rings (SSSR count). The second-order valence-corrected chi connectivity index (χ2v) is 5.74. The van der Waals surface area contributed by atoms with E-state index in [2.05, 4.69) is 10.3 Å². The monoisotopic (exact) mass is 270 g/mol. The van der Waals surface area contributed by atoms with E-state index < -0.39 is 0 Å². The molecule has 1 aromatic heterocycles. The molecule has 92 valence electrons. The number of nitrogens with zero attached hydrogens (tertiary/aromatic N) is 1. The Morgan fingerprint density at radius 3 is 3.06 bits per heavy atom. The molecular weight excluding hydrogens is 256 g/mol. The molecule has 0 radical (unpaired) electrons. The highest BCUT2D eigenvalue weighted by atomic mass is 35.5. The minimum Gasteiger partial charge on any atom is -0.348 e. The fraction of sp³-hybridized carbons (Fsp3) is 0.500. The minimum absolute atomic E-state index is 0.0510. The molecule has 0 saturated carbocycles. The van der Waals surface area contributed by atoms with Crippen LogP contribution in [0.2, 0.25) is 5.15 Å². The molecule has 1 aliphatic rings. The summed E-state index contributed by atoms with van der Waals surface area (Å²) in [5.41, 5.74) is 1.36. The van der Waals surface area contributed by atoms with E-state index in [9.17, 15) is 4.79 Å². The largest absolute Gasteiger partial charge is 0.348 e. The van der Waals surface area contributed by atoms with Gasteiger partial charge in [0.05, 0.1) is 0 Å². The number of aryl methyl sites for hydroxylation is 1. The number of nitrogens with one attached hydrogen (secondary N) is 1. The molecule has 3 nitrogen and oxygen atoms in total. The van der Waals surface area contributed by atoms with Gasteiger partial charge in [-0.3, -0.25) is 4.79 Å². The molecule has 0 bridgehead atoms. The van der Waals surface area contributed by atoms with E-state index in [-0.39, 0.29) is 11.9 Å². The van der Waals surface area contributed by atoms with E-state index in [0.717, 1.165) is 17.9 Å². The zero-order valence-electron chi connectivity index (χ0n) is 9.70. The molecule has 1 aromatic rings. The van der Waals surface area contributed by atoms with Gasteiger partial charge in [-0.25, -0.2) is 4.98 Å². The first kappa shape index (κ1) is 12.7. The van der Waals surface area contributed by atoms with Crippen LogP contribution in [0.1, 0.15) is 28.9 Å². The van der Waals surface area contributed by atoms with Crippen molar-refractivity contribution in [3.8, 4) is 0 Å². The van der Waals surface area contributed by atoms with Gasteiger partial charge >= 0.3 is 0 Å². The van der Waals surface area contributed by atoms with Gasteiger partial charge in [-0.15, -0.1) is 0 Å². The second-order valence-electron chi connectivity index (χ2n) is 4.21. The lowest BCUT2D eigenvalue weighted by Crippen LogP contribution is -2.38. The van der Waals surface area contributed by atoms with Crippen molar-refractivity contribution < 1.29 is 4.79 Å². The summed E-state index contributed by atoms with van der Waals surface area (Å²) >= 11 is 7.74. The standard InChI is InChI=1S/C12H15ClN2OS/c1-8-5-9(6-11(13)14-8)12(16)15-10-3-2-4-17-7-10/h5-6,10H,2-4,7H2,1H3,(H,15,16). The summed E-state index contributed by atoms with van der Waals surface area (Å²) in [6.07, 6.45) is 2.24. The SMILES string of the molecule is Cc1cc(C(=O)NC2CCCSC2)cc(Cl)n1. The van der Waals surface area contributed by atoms with E-state index >= 15 is 0 Å². The fourth-order valence-electron chi connectivity index (χ4n) is 1.88. The van der Waals surface area contributed by atoms with Crippen LogP contribution in [0.15, 0.2) is 12.1 Å². The minimum atomic E-state index is -0.0510. The first-order chi connectivity index (χ1) is 8.15. The molecule has 0 aliphatic carbocycles. The van der Waals surface area contributed by atoms with Crippen LogP contribution in [0.4, 0.5) is 0 Å². The molecule has 1 fully saturated rings. The molecular formula is C12H15ClN2OS. The average Bonchev–Trinajstić information content (AvgIpc) is 2.29. The summed E-state index contributed by atoms with van der Waals surface area (Å²) in [5, 5.41) is 3.41. The third-order valence-corrected chi connectivity index (χ3v) is 4.09. The molecule has 1 saturated heterocycles. The van der Waals surface area contributed by atoms with Crippen LogP contribution in [0, 0.1) is 6.92 Å². The Morgan fingerprint density at radius 2 is 2.41 bits per heavy atom. The molecule has 0 spiro atoms. The topological polar surface area (TPSA) is 42.0 Å². The molecule has 17 heavy (non-hydrogen) atoms. The first-order valence-electron chi connectivity index (χ1n) is 5.68. The third kappa shape index (κ3) is 3.61. The van der Waals surface area contributed by atoms with Gasteiger partial charge in [-0.2, -0.15) is 11.8 Å². The molecule has 1 amide bonds. The lowest BCUT2D eigenvalue weighted by Gasteiger charge is -2.22. The molecule has 1 N–H and O–H groups in total. The zero-order valence-corrected chi connectivity index (χ0v) is 11.3. The quantitative estimate of drug-likeness (QED) is 0.840. The zero-order chi connectivity index (χ0) is 12.3. The average molecular weight is 271 g/mol. The van der Waals surface area contributed by atoms with Crippen LogP contribution in [0.3, 0.4) is 0 Å². The van der Waals surface area contributed by atoms with Crippen LogP contribution in [-0.2, 0) is 0 Å². The number of amides is 1. The summed E-state index contributed by atoms with van der Waals surface area (Å²) in [6.45, 7) is 1.83. The fourth-order valence-corrected chi connectivity index (χ4v) is 3.21. The maximum absolute atomic E-state index is 12.0. The maximum atomic E-state index is 12.0. The van der Waals surface area contributed by atoms with Crippen molar-refractivity contribution in [1.29, 1.82) is 0 Å². The molecule has 5 heteroatoms. The number of pyridine rings is 1. The Bertz CT molecular complexity index is 399. The highest BCUT2D eigenvalue weighted by molar-refractivity contribution is 7.99. The summed E-state index contributed by atoms with van der Waals surface area (Å²) in [7, 11) is 0. The van der Waals surface area contributed by atoms with Gasteiger partial charge in [0, 0.05) is 23.1 Å². The Hall–Kier alpha value is -0.740. The van der Waals surface area contributed by atoms with Crippen LogP contribution in [0.25, 0.3) is 0 Å². The van der Waals surface area contributed by atoms with Crippen molar-refractivity contribution in [3.63, 3.8) is 0 Å². The maximum Gasteiger partial charge on any atom is 0.251 e. The second kappa shape index (κ2) is 5.74. The number of hydrogen-bond donors (Lipinski definition) is 1. The predicted molar refractivity (Wildman–Crippen MR) is 71.8 cm³/mol. The lowest BCUT2D eigenvalue weighted by molar-refractivity contribution is 0.0938. The van der Waals surface area contributed by atoms with Crippen LogP contribution in [0.5, 0.6) is 0 Å². The van der Waals surface area contributed by atoms with E-state index in [1.165, 1.54) is 12.2 Å². The number of thioether (sulfide) groups is 1. The van der Waals surface area contributed by atoms with E-state index in [1.54, 1.807) is 12.1 Å². The lowest BCUT2D eigenvalue weighted by atomic mass is 10.1. The first-order valence-corrected chi connectivity index (χ1v) is 7.21. The Balaban J connectivity index is 2.03. The van der Waals surface area contributed by atoms with Gasteiger partial charge in [-0.05, 0) is 37.7 Å². The predicted octanol–water partition coefficient (Wildman–Crippen LogP) is 2.67. The number of carbonyl (C=O) groups is 1. The number of aromatic nitrogens is 1. The smallest absolute Gasteiger partial charge is 0.251 e. The molecule has 0 aromatic carbocycles. The third-order valence-electron chi connectivity index (χ3n) is 2.68. The Labute approximate surface area is 110 Å². The van der Waals surface area contributed by atoms with Crippen LogP contribution < -0.4 is 5.32 Å². The normalized spacial score (nSPS) is 20.0. The number of rotatable bonds is 2. The Morgan fingerprint density at radius 1 is 1.59 bits per heavy atom. The van der Waals surface area contributed by atoms with Gasteiger partial charge in [0.2, 0.25) is 0 Å². The van der Waals surface area contributed by atoms with Gasteiger partial charge in [0.15, 0.2) is 0 Å². The van der Waals surface area contributed by atoms with Crippen molar-refractivity contribution in [3.05, 3.63) is 28.5 Å². The molecule has 2 heterocycles. The highest BCUT2D eigenvalue weighted by Crippen LogP contribution is 2.18.